The minimum atomic E-state index is -0.192. The van der Waals surface area contributed by atoms with Crippen molar-refractivity contribution in [3.63, 3.8) is 0 Å². The van der Waals surface area contributed by atoms with Gasteiger partial charge in [0.2, 0.25) is 0 Å². The largest absolute Gasteiger partial charge is 0.393 e. The third kappa shape index (κ3) is 4.90. The van der Waals surface area contributed by atoms with Gasteiger partial charge in [0.15, 0.2) is 0 Å². The first-order valence-corrected chi connectivity index (χ1v) is 5.59. The van der Waals surface area contributed by atoms with Gasteiger partial charge in [0.25, 0.3) is 0 Å². The summed E-state index contributed by atoms with van der Waals surface area (Å²) in [5.74, 6) is 1.89. The van der Waals surface area contributed by atoms with Crippen molar-refractivity contribution >= 4 is 11.8 Å². The number of nitrogens with zero attached hydrogens (tertiary/aromatic N) is 1. The second-order valence-corrected chi connectivity index (χ2v) is 4.18. The van der Waals surface area contributed by atoms with Gasteiger partial charge in [-0.3, -0.25) is 4.98 Å². The number of hydrogen-bond acceptors (Lipinski definition) is 3. The molecule has 0 aliphatic carbocycles. The van der Waals surface area contributed by atoms with Gasteiger partial charge >= 0.3 is 0 Å². The van der Waals surface area contributed by atoms with Gasteiger partial charge in [-0.2, -0.15) is 11.8 Å². The smallest absolute Gasteiger partial charge is 0.0602 e. The van der Waals surface area contributed by atoms with Crippen molar-refractivity contribution in [3.8, 4) is 0 Å². The molecule has 0 aliphatic heterocycles. The Bertz CT molecular complexity index is 226. The van der Waals surface area contributed by atoms with Crippen LogP contribution in [0.15, 0.2) is 24.5 Å². The lowest BCUT2D eigenvalue weighted by Crippen LogP contribution is -2.03. The molecule has 0 fully saturated rings. The second kappa shape index (κ2) is 6.00. The number of aromatic nitrogens is 1. The molecule has 0 bridgehead atoms. The van der Waals surface area contributed by atoms with Crippen LogP contribution in [-0.2, 0) is 6.42 Å². The molecule has 0 aromatic carbocycles. The summed E-state index contributed by atoms with van der Waals surface area (Å²) in [7, 11) is 0. The van der Waals surface area contributed by atoms with Gasteiger partial charge in [-0.15, -0.1) is 0 Å². The first-order valence-electron chi connectivity index (χ1n) is 4.44. The topological polar surface area (TPSA) is 33.1 Å². The second-order valence-electron chi connectivity index (χ2n) is 3.03. The summed E-state index contributed by atoms with van der Waals surface area (Å²) < 4.78 is 0. The third-order valence-electron chi connectivity index (χ3n) is 1.64. The van der Waals surface area contributed by atoms with E-state index < -0.39 is 0 Å². The maximum absolute atomic E-state index is 9.02. The van der Waals surface area contributed by atoms with E-state index >= 15 is 0 Å². The van der Waals surface area contributed by atoms with E-state index in [4.69, 9.17) is 5.11 Å². The fourth-order valence-electron chi connectivity index (χ4n) is 0.993. The molecule has 1 rings (SSSR count). The molecule has 3 heteroatoms. The SMILES string of the molecule is CC(O)CSCCc1ccncc1. The average Bonchev–Trinajstić information content (AvgIpc) is 2.14. The highest BCUT2D eigenvalue weighted by atomic mass is 32.2. The molecule has 0 saturated carbocycles. The highest BCUT2D eigenvalue weighted by molar-refractivity contribution is 7.99. The molecular formula is C10H15NOS. The summed E-state index contributed by atoms with van der Waals surface area (Å²) in [4.78, 5) is 3.96. The third-order valence-corrected chi connectivity index (χ3v) is 2.85. The van der Waals surface area contributed by atoms with E-state index in [1.165, 1.54) is 5.56 Å². The number of thioether (sulfide) groups is 1. The molecule has 1 aromatic heterocycles. The van der Waals surface area contributed by atoms with Gasteiger partial charge in [0.05, 0.1) is 6.10 Å². The first kappa shape index (κ1) is 10.5. The van der Waals surface area contributed by atoms with Gasteiger partial charge < -0.3 is 5.11 Å². The van der Waals surface area contributed by atoms with Crippen LogP contribution < -0.4 is 0 Å². The fourth-order valence-corrected chi connectivity index (χ4v) is 1.88. The number of aryl methyl sites for hydroxylation is 1. The van der Waals surface area contributed by atoms with E-state index in [9.17, 15) is 0 Å². The number of pyridine rings is 1. The lowest BCUT2D eigenvalue weighted by molar-refractivity contribution is 0.220. The Hall–Kier alpha value is -0.540. The molecule has 72 valence electrons. The van der Waals surface area contributed by atoms with Gasteiger partial charge in [-0.1, -0.05) is 0 Å². The molecule has 0 saturated heterocycles. The predicted molar refractivity (Wildman–Crippen MR) is 56.9 cm³/mol. The zero-order chi connectivity index (χ0) is 9.52. The van der Waals surface area contributed by atoms with E-state index in [0.717, 1.165) is 17.9 Å². The highest BCUT2D eigenvalue weighted by Crippen LogP contribution is 2.07. The monoisotopic (exact) mass is 197 g/mol. The Morgan fingerprint density at radius 3 is 2.77 bits per heavy atom. The van der Waals surface area contributed by atoms with E-state index in [2.05, 4.69) is 4.98 Å². The highest BCUT2D eigenvalue weighted by Gasteiger charge is 1.96. The summed E-state index contributed by atoms with van der Waals surface area (Å²) in [6, 6.07) is 4.06. The molecule has 0 amide bonds. The zero-order valence-corrected chi connectivity index (χ0v) is 8.63. The molecule has 1 atom stereocenters. The molecule has 1 N–H and O–H groups in total. The fraction of sp³-hybridized carbons (Fsp3) is 0.500. The molecule has 13 heavy (non-hydrogen) atoms. The first-order chi connectivity index (χ1) is 6.29. The average molecular weight is 197 g/mol. The van der Waals surface area contributed by atoms with E-state index in [1.807, 2.05) is 31.5 Å². The van der Waals surface area contributed by atoms with E-state index in [-0.39, 0.29) is 6.10 Å². The standard InChI is InChI=1S/C10H15NOS/c1-9(12)8-13-7-4-10-2-5-11-6-3-10/h2-3,5-6,9,12H,4,7-8H2,1H3. The van der Waals surface area contributed by atoms with Gasteiger partial charge in [0.1, 0.15) is 0 Å². The van der Waals surface area contributed by atoms with E-state index in [0.29, 0.717) is 0 Å². The van der Waals surface area contributed by atoms with Crippen molar-refractivity contribution in [2.45, 2.75) is 19.4 Å². The van der Waals surface area contributed by atoms with Crippen LogP contribution in [0.25, 0.3) is 0 Å². The van der Waals surface area contributed by atoms with Crippen LogP contribution in [0.2, 0.25) is 0 Å². The Kier molecular flexibility index (Phi) is 4.86. The van der Waals surface area contributed by atoms with Crippen molar-refractivity contribution in [1.82, 2.24) is 4.98 Å². The van der Waals surface area contributed by atoms with Gasteiger partial charge in [0, 0.05) is 18.1 Å². The lowest BCUT2D eigenvalue weighted by atomic mass is 10.2. The molecule has 0 radical (unpaired) electrons. The summed E-state index contributed by atoms with van der Waals surface area (Å²) in [5.41, 5.74) is 1.31. The van der Waals surface area contributed by atoms with Crippen molar-refractivity contribution in [1.29, 1.82) is 0 Å². The molecule has 1 unspecified atom stereocenters. The van der Waals surface area contributed by atoms with Crippen molar-refractivity contribution in [2.24, 2.45) is 0 Å². The molecule has 1 aromatic rings. The van der Waals surface area contributed by atoms with Crippen LogP contribution in [0.3, 0.4) is 0 Å². The summed E-state index contributed by atoms with van der Waals surface area (Å²) in [5, 5.41) is 9.02. The van der Waals surface area contributed by atoms with Crippen LogP contribution in [-0.4, -0.2) is 27.7 Å². The van der Waals surface area contributed by atoms with Crippen LogP contribution in [0.1, 0.15) is 12.5 Å². The maximum Gasteiger partial charge on any atom is 0.0602 e. The van der Waals surface area contributed by atoms with Crippen molar-refractivity contribution < 1.29 is 5.11 Å². The number of aliphatic hydroxyl groups excluding tert-OH is 1. The Morgan fingerprint density at radius 1 is 1.46 bits per heavy atom. The number of rotatable bonds is 5. The van der Waals surface area contributed by atoms with E-state index in [1.54, 1.807) is 11.8 Å². The maximum atomic E-state index is 9.02. The van der Waals surface area contributed by atoms with Crippen LogP contribution >= 0.6 is 11.8 Å². The van der Waals surface area contributed by atoms with Crippen LogP contribution in [0, 0.1) is 0 Å². The van der Waals surface area contributed by atoms with Crippen molar-refractivity contribution in [3.05, 3.63) is 30.1 Å². The van der Waals surface area contributed by atoms with Crippen LogP contribution in [0.5, 0.6) is 0 Å². The summed E-state index contributed by atoms with van der Waals surface area (Å²) in [6.45, 7) is 1.82. The zero-order valence-electron chi connectivity index (χ0n) is 7.81. The molecular weight excluding hydrogens is 182 g/mol. The minimum Gasteiger partial charge on any atom is -0.393 e. The summed E-state index contributed by atoms with van der Waals surface area (Å²) >= 11 is 1.79. The van der Waals surface area contributed by atoms with Crippen LogP contribution in [0.4, 0.5) is 0 Å². The minimum absolute atomic E-state index is 0.192. The molecule has 0 aliphatic rings. The van der Waals surface area contributed by atoms with Gasteiger partial charge in [-0.05, 0) is 36.8 Å². The number of aliphatic hydroxyl groups is 1. The molecule has 1 heterocycles. The predicted octanol–water partition coefficient (Wildman–Crippen LogP) is 1.74. The Labute approximate surface area is 83.4 Å². The molecule has 0 spiro atoms. The summed E-state index contributed by atoms with van der Waals surface area (Å²) in [6.07, 6.45) is 4.49. The van der Waals surface area contributed by atoms with Gasteiger partial charge in [-0.25, -0.2) is 0 Å². The Balaban J connectivity index is 2.13. The number of hydrogen-bond donors (Lipinski definition) is 1. The lowest BCUT2D eigenvalue weighted by Gasteiger charge is -2.03. The van der Waals surface area contributed by atoms with Crippen molar-refractivity contribution in [2.75, 3.05) is 11.5 Å². The Morgan fingerprint density at radius 2 is 2.15 bits per heavy atom. The normalized spacial score (nSPS) is 12.8. The quantitative estimate of drug-likeness (QED) is 0.730. The molecule has 2 nitrogen and oxygen atoms in total.